The monoisotopic (exact) mass is 302 g/mol. The van der Waals surface area contributed by atoms with Crippen LogP contribution in [-0.4, -0.2) is 5.11 Å². The van der Waals surface area contributed by atoms with Crippen molar-refractivity contribution in [3.05, 3.63) is 59.2 Å². The van der Waals surface area contributed by atoms with Crippen LogP contribution >= 0.6 is 0 Å². The molecule has 0 spiro atoms. The van der Waals surface area contributed by atoms with E-state index in [0.29, 0.717) is 0 Å². The van der Waals surface area contributed by atoms with Crippen molar-refractivity contribution in [3.8, 4) is 11.1 Å². The summed E-state index contributed by atoms with van der Waals surface area (Å²) in [5, 5.41) is 8.96. The molecule has 2 aromatic rings. The minimum Gasteiger partial charge on any atom is -0.392 e. The van der Waals surface area contributed by atoms with Crippen molar-refractivity contribution in [2.45, 2.75) is 19.2 Å². The van der Waals surface area contributed by atoms with Crippen LogP contribution in [0.1, 0.15) is 23.1 Å². The van der Waals surface area contributed by atoms with Crippen LogP contribution in [0.25, 0.3) is 11.1 Å². The van der Waals surface area contributed by atoms with Gasteiger partial charge in [0.25, 0.3) is 6.43 Å². The molecule has 0 amide bonds. The molecule has 0 fully saturated rings. The van der Waals surface area contributed by atoms with Gasteiger partial charge in [-0.05, 0) is 28.8 Å². The molecule has 0 saturated carbocycles. The normalized spacial score (nSPS) is 12.0. The summed E-state index contributed by atoms with van der Waals surface area (Å²) in [5.74, 6) is 0. The number of hydrogen-bond acceptors (Lipinski definition) is 1. The minimum atomic E-state index is -4.63. The highest BCUT2D eigenvalue weighted by molar-refractivity contribution is 5.72. The van der Waals surface area contributed by atoms with E-state index in [2.05, 4.69) is 0 Å². The third kappa shape index (κ3) is 3.21. The summed E-state index contributed by atoms with van der Waals surface area (Å²) in [6.07, 6.45) is -7.57. The molecule has 0 unspecified atom stereocenters. The Morgan fingerprint density at radius 2 is 1.62 bits per heavy atom. The molecular formula is C15H11F5O. The first-order valence-electron chi connectivity index (χ1n) is 6.03. The standard InChI is InChI=1S/C15H11F5O/c16-14(17)12-7-9(8-21)5-6-10(12)11-3-1-2-4-13(11)15(18,19)20/h1-7,14,21H,8H2. The molecule has 6 heteroatoms. The van der Waals surface area contributed by atoms with Gasteiger partial charge in [0, 0.05) is 5.56 Å². The molecule has 0 radical (unpaired) electrons. The van der Waals surface area contributed by atoms with Crippen LogP contribution in [0.3, 0.4) is 0 Å². The van der Waals surface area contributed by atoms with Gasteiger partial charge in [-0.1, -0.05) is 30.3 Å². The Kier molecular flexibility index (Phi) is 4.27. The molecule has 0 bridgehead atoms. The Morgan fingerprint density at radius 1 is 0.952 bits per heavy atom. The molecule has 2 aromatic carbocycles. The van der Waals surface area contributed by atoms with Gasteiger partial charge in [-0.2, -0.15) is 13.2 Å². The molecule has 0 saturated heterocycles. The summed E-state index contributed by atoms with van der Waals surface area (Å²) in [6, 6.07) is 8.10. The third-order valence-electron chi connectivity index (χ3n) is 3.06. The van der Waals surface area contributed by atoms with Crippen LogP contribution < -0.4 is 0 Å². The van der Waals surface area contributed by atoms with Crippen LogP contribution in [0.5, 0.6) is 0 Å². The molecule has 0 aromatic heterocycles. The SMILES string of the molecule is OCc1ccc(-c2ccccc2C(F)(F)F)c(C(F)F)c1. The zero-order chi connectivity index (χ0) is 15.6. The number of hydrogen-bond donors (Lipinski definition) is 1. The van der Waals surface area contributed by atoms with Gasteiger partial charge in [0.05, 0.1) is 12.2 Å². The lowest BCUT2D eigenvalue weighted by atomic mass is 9.94. The molecule has 112 valence electrons. The van der Waals surface area contributed by atoms with E-state index in [4.69, 9.17) is 5.11 Å². The lowest BCUT2D eigenvalue weighted by Crippen LogP contribution is -2.07. The number of aliphatic hydroxyl groups is 1. The number of rotatable bonds is 3. The fraction of sp³-hybridized carbons (Fsp3) is 0.200. The molecule has 21 heavy (non-hydrogen) atoms. The van der Waals surface area contributed by atoms with Crippen LogP contribution in [0.15, 0.2) is 42.5 Å². The molecule has 0 aliphatic heterocycles. The summed E-state index contributed by atoms with van der Waals surface area (Å²) in [5.41, 5.74) is -1.76. The zero-order valence-electron chi connectivity index (χ0n) is 10.7. The van der Waals surface area contributed by atoms with E-state index in [1.165, 1.54) is 24.3 Å². The van der Waals surface area contributed by atoms with Gasteiger partial charge in [-0.3, -0.25) is 0 Å². The van der Waals surface area contributed by atoms with Crippen LogP contribution in [-0.2, 0) is 12.8 Å². The largest absolute Gasteiger partial charge is 0.417 e. The van der Waals surface area contributed by atoms with E-state index < -0.39 is 30.3 Å². The maximum absolute atomic E-state index is 13.1. The number of alkyl halides is 5. The van der Waals surface area contributed by atoms with Crippen LogP contribution in [0, 0.1) is 0 Å². The smallest absolute Gasteiger partial charge is 0.392 e. The van der Waals surface area contributed by atoms with E-state index in [-0.39, 0.29) is 16.7 Å². The number of halogens is 5. The van der Waals surface area contributed by atoms with Crippen molar-refractivity contribution in [2.24, 2.45) is 0 Å². The summed E-state index contributed by atoms with van der Waals surface area (Å²) < 4.78 is 65.1. The lowest BCUT2D eigenvalue weighted by Gasteiger charge is -2.16. The molecule has 0 aliphatic rings. The predicted molar refractivity (Wildman–Crippen MR) is 67.8 cm³/mol. The maximum Gasteiger partial charge on any atom is 0.417 e. The summed E-state index contributed by atoms with van der Waals surface area (Å²) in [7, 11) is 0. The predicted octanol–water partition coefficient (Wildman–Crippen LogP) is 4.80. The Bertz CT molecular complexity index is 634. The first-order chi connectivity index (χ1) is 9.84. The highest BCUT2D eigenvalue weighted by Crippen LogP contribution is 2.40. The van der Waals surface area contributed by atoms with E-state index in [1.807, 2.05) is 0 Å². The van der Waals surface area contributed by atoms with Gasteiger partial charge >= 0.3 is 6.18 Å². The second-order valence-electron chi connectivity index (χ2n) is 4.42. The maximum atomic E-state index is 13.1. The van der Waals surface area contributed by atoms with Crippen molar-refractivity contribution in [2.75, 3.05) is 0 Å². The first kappa shape index (κ1) is 15.4. The molecule has 0 heterocycles. The molecular weight excluding hydrogens is 291 g/mol. The van der Waals surface area contributed by atoms with Crippen LogP contribution in [0.4, 0.5) is 22.0 Å². The first-order valence-corrected chi connectivity index (χ1v) is 6.03. The highest BCUT2D eigenvalue weighted by Gasteiger charge is 2.34. The van der Waals surface area contributed by atoms with Gasteiger partial charge in [0.2, 0.25) is 0 Å². The minimum absolute atomic E-state index is 0.185. The highest BCUT2D eigenvalue weighted by atomic mass is 19.4. The molecule has 1 N–H and O–H groups in total. The van der Waals surface area contributed by atoms with Crippen molar-refractivity contribution < 1.29 is 27.1 Å². The van der Waals surface area contributed by atoms with Gasteiger partial charge in [-0.15, -0.1) is 0 Å². The van der Waals surface area contributed by atoms with Crippen molar-refractivity contribution in [1.82, 2.24) is 0 Å². The summed E-state index contributed by atoms with van der Waals surface area (Å²) >= 11 is 0. The van der Waals surface area contributed by atoms with E-state index in [1.54, 1.807) is 0 Å². The van der Waals surface area contributed by atoms with Gasteiger partial charge in [0.15, 0.2) is 0 Å². The van der Waals surface area contributed by atoms with Gasteiger partial charge in [-0.25, -0.2) is 8.78 Å². The Labute approximate surface area is 117 Å². The molecule has 0 aliphatic carbocycles. The van der Waals surface area contributed by atoms with Gasteiger partial charge < -0.3 is 5.11 Å². The summed E-state index contributed by atoms with van der Waals surface area (Å²) in [4.78, 5) is 0. The lowest BCUT2D eigenvalue weighted by molar-refractivity contribution is -0.137. The van der Waals surface area contributed by atoms with Gasteiger partial charge in [0.1, 0.15) is 0 Å². The number of aliphatic hydroxyl groups excluding tert-OH is 1. The zero-order valence-corrected chi connectivity index (χ0v) is 10.7. The average molecular weight is 302 g/mol. The number of benzene rings is 2. The van der Waals surface area contributed by atoms with E-state index in [0.717, 1.165) is 18.2 Å². The van der Waals surface area contributed by atoms with Crippen molar-refractivity contribution in [1.29, 1.82) is 0 Å². The second-order valence-corrected chi connectivity index (χ2v) is 4.42. The fourth-order valence-corrected chi connectivity index (χ4v) is 2.10. The Morgan fingerprint density at radius 3 is 2.19 bits per heavy atom. The van der Waals surface area contributed by atoms with Crippen molar-refractivity contribution >= 4 is 0 Å². The fourth-order valence-electron chi connectivity index (χ4n) is 2.10. The summed E-state index contributed by atoms with van der Waals surface area (Å²) in [6.45, 7) is -0.457. The molecule has 0 atom stereocenters. The quantitative estimate of drug-likeness (QED) is 0.807. The second kappa shape index (κ2) is 5.81. The topological polar surface area (TPSA) is 20.2 Å². The molecule has 2 rings (SSSR count). The van der Waals surface area contributed by atoms with E-state index >= 15 is 0 Å². The Hall–Kier alpha value is -1.95. The third-order valence-corrected chi connectivity index (χ3v) is 3.06. The van der Waals surface area contributed by atoms with Crippen LogP contribution in [0.2, 0.25) is 0 Å². The van der Waals surface area contributed by atoms with Crippen molar-refractivity contribution in [3.63, 3.8) is 0 Å². The molecule has 1 nitrogen and oxygen atoms in total. The Balaban J connectivity index is 2.68. The average Bonchev–Trinajstić information content (AvgIpc) is 2.45. The van der Waals surface area contributed by atoms with E-state index in [9.17, 15) is 22.0 Å².